The fraction of sp³-hybridized carbons (Fsp3) is 0.667. The highest BCUT2D eigenvalue weighted by molar-refractivity contribution is 6.02. The Labute approximate surface area is 223 Å². The molecule has 4 aliphatic carbocycles. The molecular formula is C30H37NO7. The van der Waals surface area contributed by atoms with Gasteiger partial charge in [0.25, 0.3) is 0 Å². The zero-order valence-electron chi connectivity index (χ0n) is 23.2. The maximum Gasteiger partial charge on any atom is 0.331 e. The molecule has 0 N–H and O–H groups in total. The minimum Gasteiger partial charge on any atom is -0.472 e. The molecule has 204 valence electrons. The van der Waals surface area contributed by atoms with E-state index in [4.69, 9.17) is 18.7 Å². The summed E-state index contributed by atoms with van der Waals surface area (Å²) in [6.07, 6.45) is 8.66. The van der Waals surface area contributed by atoms with Crippen molar-refractivity contribution < 1.29 is 33.1 Å². The van der Waals surface area contributed by atoms with E-state index in [-0.39, 0.29) is 41.0 Å². The number of furan rings is 1. The number of hydrogen-bond donors (Lipinski definition) is 0. The maximum absolute atomic E-state index is 13.0. The topological polar surface area (TPSA) is 108 Å². The number of carbonyl (C=O) groups is 3. The van der Waals surface area contributed by atoms with Crippen LogP contribution in [-0.2, 0) is 28.7 Å². The predicted molar refractivity (Wildman–Crippen MR) is 137 cm³/mol. The summed E-state index contributed by atoms with van der Waals surface area (Å²) < 4.78 is 18.4. The Balaban J connectivity index is 1.55. The molecule has 0 aromatic carbocycles. The molecule has 8 heteroatoms. The van der Waals surface area contributed by atoms with Crippen LogP contribution in [-0.4, -0.2) is 41.2 Å². The van der Waals surface area contributed by atoms with E-state index in [9.17, 15) is 14.4 Å². The third-order valence-electron chi connectivity index (χ3n) is 11.3. The summed E-state index contributed by atoms with van der Waals surface area (Å²) >= 11 is 0. The molecule has 8 nitrogen and oxygen atoms in total. The van der Waals surface area contributed by atoms with Crippen molar-refractivity contribution in [3.05, 3.63) is 36.3 Å². The number of ketones is 1. The molecule has 5 aliphatic rings. The summed E-state index contributed by atoms with van der Waals surface area (Å²) in [5.74, 6) is -0.812. The van der Waals surface area contributed by atoms with Crippen LogP contribution >= 0.6 is 0 Å². The van der Waals surface area contributed by atoms with Gasteiger partial charge < -0.3 is 18.7 Å². The molecule has 0 bridgehead atoms. The molecule has 0 amide bonds. The zero-order chi connectivity index (χ0) is 27.5. The summed E-state index contributed by atoms with van der Waals surface area (Å²) in [6.45, 7) is 13.5. The molecule has 0 unspecified atom stereocenters. The Bertz CT molecular complexity index is 1280. The van der Waals surface area contributed by atoms with E-state index in [1.165, 1.54) is 13.8 Å². The first-order valence-corrected chi connectivity index (χ1v) is 13.6. The lowest BCUT2D eigenvalue weighted by molar-refractivity contribution is -0.231. The standard InChI is InChI=1S/C30H37NO7/c1-16(32)36-22-14-20-26(3,4)21(34)9-11-27(20,5)19-8-12-28(6)23(18-10-13-35-15-18)24(31-38-17(2)33)25-30(28,37-25)29(19,22)7/h9-11,13,15,19-20,22-23,25H,8,12,14H2,1-7H3/b31-24+/t19-,20+,22-,23-,25-,27-,28+,29+,30-/m1/s1. The van der Waals surface area contributed by atoms with Crippen LogP contribution in [0.25, 0.3) is 0 Å². The third-order valence-corrected chi connectivity index (χ3v) is 11.3. The second-order valence-corrected chi connectivity index (χ2v) is 13.3. The van der Waals surface area contributed by atoms with Gasteiger partial charge in [0.15, 0.2) is 5.78 Å². The maximum atomic E-state index is 13.0. The van der Waals surface area contributed by atoms with Crippen LogP contribution < -0.4 is 0 Å². The fourth-order valence-corrected chi connectivity index (χ4v) is 9.79. The lowest BCUT2D eigenvalue weighted by atomic mass is 9.36. The first-order chi connectivity index (χ1) is 17.7. The normalized spacial score (nSPS) is 47.0. The molecule has 4 fully saturated rings. The van der Waals surface area contributed by atoms with Crippen LogP contribution in [0.3, 0.4) is 0 Å². The molecule has 1 aliphatic heterocycles. The van der Waals surface area contributed by atoms with E-state index in [0.29, 0.717) is 12.1 Å². The van der Waals surface area contributed by atoms with Gasteiger partial charge in [0.1, 0.15) is 17.8 Å². The van der Waals surface area contributed by atoms with Gasteiger partial charge in [0, 0.05) is 36.0 Å². The Morgan fingerprint density at radius 1 is 1.08 bits per heavy atom. The van der Waals surface area contributed by atoms with Gasteiger partial charge in [-0.1, -0.05) is 45.9 Å². The molecular weight excluding hydrogens is 486 g/mol. The van der Waals surface area contributed by atoms with E-state index in [2.05, 4.69) is 32.0 Å². The van der Waals surface area contributed by atoms with Crippen LogP contribution in [0.2, 0.25) is 0 Å². The van der Waals surface area contributed by atoms with Gasteiger partial charge in [-0.2, -0.15) is 0 Å². The first-order valence-electron chi connectivity index (χ1n) is 13.6. The lowest BCUT2D eigenvalue weighted by Crippen LogP contribution is -2.70. The molecule has 38 heavy (non-hydrogen) atoms. The molecule has 2 heterocycles. The minimum absolute atomic E-state index is 0.00754. The average Bonchev–Trinajstić information content (AvgIpc) is 3.27. The fourth-order valence-electron chi connectivity index (χ4n) is 9.79. The van der Waals surface area contributed by atoms with Gasteiger partial charge in [-0.05, 0) is 54.2 Å². The van der Waals surface area contributed by atoms with Gasteiger partial charge in [0.05, 0.1) is 18.2 Å². The number of nitrogens with zero attached hydrogens (tertiary/aromatic N) is 1. The summed E-state index contributed by atoms with van der Waals surface area (Å²) in [4.78, 5) is 42.6. The Hall–Kier alpha value is -2.74. The van der Waals surface area contributed by atoms with Crippen molar-refractivity contribution in [1.29, 1.82) is 0 Å². The van der Waals surface area contributed by atoms with Crippen LogP contribution in [0.1, 0.15) is 79.2 Å². The smallest absolute Gasteiger partial charge is 0.331 e. The summed E-state index contributed by atoms with van der Waals surface area (Å²) in [6, 6.07) is 1.94. The molecule has 1 aromatic heterocycles. The second-order valence-electron chi connectivity index (χ2n) is 13.3. The van der Waals surface area contributed by atoms with E-state index >= 15 is 0 Å². The number of fused-ring (bicyclic) bond motifs is 3. The average molecular weight is 524 g/mol. The molecule has 1 spiro atoms. The van der Waals surface area contributed by atoms with Crippen molar-refractivity contribution in [2.45, 2.75) is 91.5 Å². The summed E-state index contributed by atoms with van der Waals surface area (Å²) in [7, 11) is 0. The molecule has 1 aromatic rings. The van der Waals surface area contributed by atoms with Crippen LogP contribution in [0.15, 0.2) is 40.3 Å². The Morgan fingerprint density at radius 3 is 2.45 bits per heavy atom. The number of oxime groups is 1. The first kappa shape index (κ1) is 25.5. The Kier molecular flexibility index (Phi) is 5.16. The van der Waals surface area contributed by atoms with Gasteiger partial charge >= 0.3 is 11.9 Å². The minimum atomic E-state index is -0.697. The van der Waals surface area contributed by atoms with Crippen molar-refractivity contribution in [2.75, 3.05) is 0 Å². The summed E-state index contributed by atoms with van der Waals surface area (Å²) in [5.41, 5.74) is -0.941. The van der Waals surface area contributed by atoms with Crippen LogP contribution in [0.4, 0.5) is 0 Å². The Morgan fingerprint density at radius 2 is 1.82 bits per heavy atom. The highest BCUT2D eigenvalue weighted by Gasteiger charge is 2.89. The van der Waals surface area contributed by atoms with E-state index in [1.54, 1.807) is 18.6 Å². The highest BCUT2D eigenvalue weighted by Crippen LogP contribution is 2.81. The van der Waals surface area contributed by atoms with E-state index in [1.807, 2.05) is 19.9 Å². The number of rotatable bonds is 3. The number of ether oxygens (including phenoxy) is 2. The highest BCUT2D eigenvalue weighted by atomic mass is 16.7. The van der Waals surface area contributed by atoms with Crippen molar-refractivity contribution in [1.82, 2.24) is 0 Å². The van der Waals surface area contributed by atoms with Crippen molar-refractivity contribution >= 4 is 23.4 Å². The second kappa shape index (κ2) is 7.68. The molecule has 9 atom stereocenters. The SMILES string of the molecule is CC(=O)O/N=C1/[C@H]2O[C@]23[C@@]2(C)[C@H](CC[C@@]3(C)[C@@H]1c1ccoc1)[C@@]1(C)C=CC(=O)C(C)(C)[C@@H]1C[C@H]2OC(C)=O. The van der Waals surface area contributed by atoms with Crippen molar-refractivity contribution in [3.63, 3.8) is 0 Å². The quantitative estimate of drug-likeness (QED) is 0.238. The molecule has 1 saturated heterocycles. The molecule has 3 saturated carbocycles. The van der Waals surface area contributed by atoms with Gasteiger partial charge in [-0.15, -0.1) is 0 Å². The number of epoxide rings is 1. The predicted octanol–water partition coefficient (Wildman–Crippen LogP) is 4.98. The number of esters is 1. The largest absolute Gasteiger partial charge is 0.472 e. The van der Waals surface area contributed by atoms with E-state index in [0.717, 1.165) is 18.4 Å². The van der Waals surface area contributed by atoms with Gasteiger partial charge in [0.2, 0.25) is 0 Å². The van der Waals surface area contributed by atoms with Gasteiger partial charge in [-0.3, -0.25) is 9.59 Å². The van der Waals surface area contributed by atoms with Crippen LogP contribution in [0.5, 0.6) is 0 Å². The lowest BCUT2D eigenvalue weighted by Gasteiger charge is -2.67. The monoisotopic (exact) mass is 523 g/mol. The molecule has 6 rings (SSSR count). The van der Waals surface area contributed by atoms with E-state index < -0.39 is 33.9 Å². The number of allylic oxidation sites excluding steroid dienone is 2. The number of hydrogen-bond acceptors (Lipinski definition) is 8. The zero-order valence-corrected chi connectivity index (χ0v) is 23.2. The van der Waals surface area contributed by atoms with Crippen LogP contribution in [0, 0.1) is 33.5 Å². The van der Waals surface area contributed by atoms with Crippen molar-refractivity contribution in [2.24, 2.45) is 38.7 Å². The number of carbonyl (C=O) groups excluding carboxylic acids is 3. The third kappa shape index (κ3) is 2.85. The molecule has 0 radical (unpaired) electrons. The van der Waals surface area contributed by atoms with Crippen molar-refractivity contribution in [3.8, 4) is 0 Å². The van der Waals surface area contributed by atoms with Gasteiger partial charge in [-0.25, -0.2) is 4.79 Å². The summed E-state index contributed by atoms with van der Waals surface area (Å²) in [5, 5.41) is 4.37.